The van der Waals surface area contributed by atoms with E-state index in [1.54, 1.807) is 0 Å². The van der Waals surface area contributed by atoms with E-state index in [2.05, 4.69) is 35.9 Å². The number of piperidine rings is 1. The molecule has 0 spiro atoms. The number of hydrogen-bond donors (Lipinski definition) is 1. The molecule has 0 aliphatic carbocycles. The fraction of sp³-hybridized carbons (Fsp3) is 1.00. The Hall–Kier alpha value is -0.120. The number of likely N-dealkylation sites (tertiary alicyclic amines) is 1. The van der Waals surface area contributed by atoms with Crippen LogP contribution >= 0.6 is 0 Å². The van der Waals surface area contributed by atoms with Crippen LogP contribution in [0.2, 0.25) is 0 Å². The summed E-state index contributed by atoms with van der Waals surface area (Å²) in [6.07, 6.45) is 5.40. The molecule has 3 atom stereocenters. The third kappa shape index (κ3) is 4.17. The van der Waals surface area contributed by atoms with Gasteiger partial charge in [0.15, 0.2) is 0 Å². The Morgan fingerprint density at radius 3 is 2.74 bits per heavy atom. The van der Waals surface area contributed by atoms with Gasteiger partial charge in [-0.05, 0) is 51.4 Å². The van der Waals surface area contributed by atoms with Gasteiger partial charge in [0.25, 0.3) is 0 Å². The molecule has 0 aromatic heterocycles. The molecule has 2 rings (SSSR count). The second-order valence-electron chi connectivity index (χ2n) is 6.48. The first-order valence-electron chi connectivity index (χ1n) is 8.44. The summed E-state index contributed by atoms with van der Waals surface area (Å²) >= 11 is 0. The summed E-state index contributed by atoms with van der Waals surface area (Å²) in [5, 5.41) is 3.77. The van der Waals surface area contributed by atoms with Gasteiger partial charge in [0.2, 0.25) is 0 Å². The second-order valence-corrected chi connectivity index (χ2v) is 6.48. The maximum Gasteiger partial charge on any atom is 0.0224 e. The summed E-state index contributed by atoms with van der Waals surface area (Å²) in [7, 11) is 0. The van der Waals surface area contributed by atoms with Crippen molar-refractivity contribution in [2.45, 2.75) is 58.5 Å². The van der Waals surface area contributed by atoms with Gasteiger partial charge in [-0.2, -0.15) is 0 Å². The lowest BCUT2D eigenvalue weighted by Gasteiger charge is -2.40. The van der Waals surface area contributed by atoms with Crippen LogP contribution < -0.4 is 5.32 Å². The van der Waals surface area contributed by atoms with Crippen molar-refractivity contribution < 1.29 is 0 Å². The van der Waals surface area contributed by atoms with Gasteiger partial charge in [0, 0.05) is 25.2 Å². The largest absolute Gasteiger partial charge is 0.312 e. The third-order valence-corrected chi connectivity index (χ3v) is 5.23. The van der Waals surface area contributed by atoms with Gasteiger partial charge in [0.1, 0.15) is 0 Å². The maximum absolute atomic E-state index is 3.77. The first kappa shape index (κ1) is 15.3. The topological polar surface area (TPSA) is 18.5 Å². The first-order valence-corrected chi connectivity index (χ1v) is 8.44. The number of hydrogen-bond acceptors (Lipinski definition) is 3. The second kappa shape index (κ2) is 7.61. The van der Waals surface area contributed by atoms with E-state index in [1.165, 1.54) is 65.0 Å². The van der Waals surface area contributed by atoms with Crippen molar-refractivity contribution in [1.82, 2.24) is 15.1 Å². The van der Waals surface area contributed by atoms with Crippen LogP contribution in [-0.4, -0.2) is 61.2 Å². The molecule has 3 heteroatoms. The van der Waals surface area contributed by atoms with E-state index in [-0.39, 0.29) is 0 Å². The summed E-state index contributed by atoms with van der Waals surface area (Å²) in [6.45, 7) is 14.6. The minimum Gasteiger partial charge on any atom is -0.312 e. The molecule has 0 saturated carbocycles. The van der Waals surface area contributed by atoms with Gasteiger partial charge in [0.05, 0.1) is 0 Å². The van der Waals surface area contributed by atoms with Crippen LogP contribution in [0.15, 0.2) is 0 Å². The van der Waals surface area contributed by atoms with E-state index in [9.17, 15) is 0 Å². The minimum atomic E-state index is 0.699. The lowest BCUT2D eigenvalue weighted by Crippen LogP contribution is -2.51. The van der Waals surface area contributed by atoms with Gasteiger partial charge in [-0.1, -0.05) is 27.2 Å². The van der Waals surface area contributed by atoms with Gasteiger partial charge in [-0.3, -0.25) is 4.90 Å². The molecular formula is C16H33N3. The quantitative estimate of drug-likeness (QED) is 0.842. The van der Waals surface area contributed by atoms with Crippen LogP contribution in [0, 0.1) is 5.92 Å². The SMILES string of the molecule is CCC(C)C1CN(C2CCCN(CC)C2)CCCN1. The molecule has 0 aromatic rings. The number of nitrogens with zero attached hydrogens (tertiary/aromatic N) is 2. The summed E-state index contributed by atoms with van der Waals surface area (Å²) in [5.74, 6) is 0.798. The highest BCUT2D eigenvalue weighted by Gasteiger charge is 2.29. The third-order valence-electron chi connectivity index (χ3n) is 5.23. The molecule has 2 aliphatic heterocycles. The van der Waals surface area contributed by atoms with Crippen LogP contribution in [0.5, 0.6) is 0 Å². The monoisotopic (exact) mass is 267 g/mol. The van der Waals surface area contributed by atoms with E-state index >= 15 is 0 Å². The normalized spacial score (nSPS) is 33.0. The molecule has 0 radical (unpaired) electrons. The van der Waals surface area contributed by atoms with Crippen LogP contribution in [0.3, 0.4) is 0 Å². The van der Waals surface area contributed by atoms with Crippen molar-refractivity contribution in [3.05, 3.63) is 0 Å². The number of rotatable bonds is 4. The van der Waals surface area contributed by atoms with Gasteiger partial charge >= 0.3 is 0 Å². The Morgan fingerprint density at radius 1 is 1.16 bits per heavy atom. The highest BCUT2D eigenvalue weighted by molar-refractivity contribution is 4.87. The van der Waals surface area contributed by atoms with Gasteiger partial charge in [-0.25, -0.2) is 0 Å². The van der Waals surface area contributed by atoms with Gasteiger partial charge < -0.3 is 10.2 Å². The standard InChI is InChI=1S/C16H33N3/c1-4-14(3)16-13-19(11-7-9-17-16)15-8-6-10-18(5-2)12-15/h14-17H,4-13H2,1-3H3. The summed E-state index contributed by atoms with van der Waals surface area (Å²) in [5.41, 5.74) is 0. The highest BCUT2D eigenvalue weighted by atomic mass is 15.2. The highest BCUT2D eigenvalue weighted by Crippen LogP contribution is 2.20. The van der Waals surface area contributed by atoms with Crippen molar-refractivity contribution in [2.75, 3.05) is 39.3 Å². The Labute approximate surface area is 119 Å². The zero-order valence-corrected chi connectivity index (χ0v) is 13.2. The Morgan fingerprint density at radius 2 is 2.00 bits per heavy atom. The summed E-state index contributed by atoms with van der Waals surface area (Å²) in [6, 6.07) is 1.50. The fourth-order valence-electron chi connectivity index (χ4n) is 3.59. The molecule has 3 unspecified atom stereocenters. The molecule has 2 saturated heterocycles. The molecule has 1 N–H and O–H groups in total. The Bertz CT molecular complexity index is 256. The number of nitrogens with one attached hydrogen (secondary N) is 1. The smallest absolute Gasteiger partial charge is 0.0224 e. The van der Waals surface area contributed by atoms with E-state index in [0.29, 0.717) is 6.04 Å². The van der Waals surface area contributed by atoms with E-state index in [4.69, 9.17) is 0 Å². The lowest BCUT2D eigenvalue weighted by molar-refractivity contribution is 0.0938. The molecule has 19 heavy (non-hydrogen) atoms. The van der Waals surface area contributed by atoms with Crippen LogP contribution in [0.4, 0.5) is 0 Å². The van der Waals surface area contributed by atoms with E-state index < -0.39 is 0 Å². The average molecular weight is 267 g/mol. The van der Waals surface area contributed by atoms with E-state index in [0.717, 1.165) is 12.0 Å². The van der Waals surface area contributed by atoms with Crippen molar-refractivity contribution in [3.63, 3.8) is 0 Å². The first-order chi connectivity index (χ1) is 9.24. The molecule has 2 fully saturated rings. The Kier molecular flexibility index (Phi) is 6.11. The molecular weight excluding hydrogens is 234 g/mol. The van der Waals surface area contributed by atoms with E-state index in [1.807, 2.05) is 0 Å². The minimum absolute atomic E-state index is 0.699. The lowest BCUT2D eigenvalue weighted by atomic mass is 9.97. The summed E-state index contributed by atoms with van der Waals surface area (Å²) < 4.78 is 0. The fourth-order valence-corrected chi connectivity index (χ4v) is 3.59. The molecule has 0 aromatic carbocycles. The average Bonchev–Trinajstić information content (AvgIpc) is 2.72. The van der Waals surface area contributed by atoms with Crippen LogP contribution in [0.1, 0.15) is 46.5 Å². The summed E-state index contributed by atoms with van der Waals surface area (Å²) in [4.78, 5) is 5.42. The predicted octanol–water partition coefficient (Wildman–Crippen LogP) is 2.18. The zero-order chi connectivity index (χ0) is 13.7. The number of likely N-dealkylation sites (N-methyl/N-ethyl adjacent to an activating group) is 1. The van der Waals surface area contributed by atoms with Crippen molar-refractivity contribution in [2.24, 2.45) is 5.92 Å². The van der Waals surface area contributed by atoms with Crippen molar-refractivity contribution in [3.8, 4) is 0 Å². The van der Waals surface area contributed by atoms with Crippen LogP contribution in [0.25, 0.3) is 0 Å². The molecule has 2 heterocycles. The van der Waals surface area contributed by atoms with Crippen molar-refractivity contribution >= 4 is 0 Å². The molecule has 112 valence electrons. The van der Waals surface area contributed by atoms with Gasteiger partial charge in [-0.15, -0.1) is 0 Å². The predicted molar refractivity (Wildman–Crippen MR) is 82.6 cm³/mol. The molecule has 2 aliphatic rings. The Balaban J connectivity index is 1.93. The van der Waals surface area contributed by atoms with Crippen molar-refractivity contribution in [1.29, 1.82) is 0 Å². The molecule has 3 nitrogen and oxygen atoms in total. The zero-order valence-electron chi connectivity index (χ0n) is 13.2. The molecule has 0 bridgehead atoms. The molecule has 0 amide bonds. The van der Waals surface area contributed by atoms with Crippen LogP contribution in [-0.2, 0) is 0 Å². The maximum atomic E-state index is 3.77.